The van der Waals surface area contributed by atoms with Crippen LogP contribution in [0.5, 0.6) is 0 Å². The van der Waals surface area contributed by atoms with Crippen molar-refractivity contribution >= 4 is 6.16 Å². The quantitative estimate of drug-likeness (QED) is 0.434. The van der Waals surface area contributed by atoms with E-state index in [2.05, 4.69) is 11.3 Å². The Kier molecular flexibility index (Phi) is 2.14. The third kappa shape index (κ3) is 1.94. The van der Waals surface area contributed by atoms with Crippen LogP contribution < -0.4 is 5.73 Å². The van der Waals surface area contributed by atoms with Gasteiger partial charge in [-0.1, -0.05) is 12.2 Å². The average molecular weight is 157 g/mol. The molecule has 1 saturated carbocycles. The Bertz CT molecular complexity index is 190. The molecule has 0 aromatic carbocycles. The van der Waals surface area contributed by atoms with Gasteiger partial charge in [-0.05, 0) is 6.42 Å². The van der Waals surface area contributed by atoms with Crippen LogP contribution in [0, 0.1) is 0 Å². The van der Waals surface area contributed by atoms with Gasteiger partial charge in [-0.2, -0.15) is 0 Å². The van der Waals surface area contributed by atoms with Gasteiger partial charge in [0.25, 0.3) is 0 Å². The number of nitrogens with two attached hydrogens (primary N) is 1. The second-order valence-corrected chi connectivity index (χ2v) is 2.74. The molecule has 2 atom stereocenters. The first-order valence-electron chi connectivity index (χ1n) is 3.41. The summed E-state index contributed by atoms with van der Waals surface area (Å²) in [4.78, 5) is 10.1. The summed E-state index contributed by atoms with van der Waals surface area (Å²) >= 11 is 0. The molecule has 0 spiro atoms. The van der Waals surface area contributed by atoms with Gasteiger partial charge in [-0.3, -0.25) is 0 Å². The van der Waals surface area contributed by atoms with E-state index in [1.807, 2.05) is 0 Å². The van der Waals surface area contributed by atoms with Crippen molar-refractivity contribution in [2.45, 2.75) is 25.0 Å². The van der Waals surface area contributed by atoms with E-state index in [9.17, 15) is 4.79 Å². The minimum absolute atomic E-state index is 0.210. The molecular weight excluding hydrogens is 146 g/mol. The molecule has 1 rings (SSSR count). The number of ether oxygens (including phenoxy) is 1. The highest BCUT2D eigenvalue weighted by atomic mass is 16.7. The van der Waals surface area contributed by atoms with E-state index in [0.717, 1.165) is 5.57 Å². The molecule has 0 bridgehead atoms. The Morgan fingerprint density at radius 1 is 1.73 bits per heavy atom. The van der Waals surface area contributed by atoms with Gasteiger partial charge < -0.3 is 15.6 Å². The van der Waals surface area contributed by atoms with Gasteiger partial charge >= 0.3 is 6.16 Å². The van der Waals surface area contributed by atoms with Crippen molar-refractivity contribution in [3.63, 3.8) is 0 Å². The van der Waals surface area contributed by atoms with Gasteiger partial charge in [0.15, 0.2) is 0 Å². The van der Waals surface area contributed by atoms with E-state index >= 15 is 0 Å². The highest BCUT2D eigenvalue weighted by Crippen LogP contribution is 2.24. The molecule has 0 aromatic heterocycles. The minimum Gasteiger partial charge on any atom is -0.450 e. The van der Waals surface area contributed by atoms with E-state index in [-0.39, 0.29) is 12.1 Å². The Balaban J connectivity index is 2.46. The summed E-state index contributed by atoms with van der Waals surface area (Å²) in [7, 11) is 0. The molecule has 0 aromatic rings. The predicted molar refractivity (Wildman–Crippen MR) is 39.2 cm³/mol. The van der Waals surface area contributed by atoms with Gasteiger partial charge in [0, 0.05) is 12.5 Å². The zero-order chi connectivity index (χ0) is 8.43. The first-order valence-corrected chi connectivity index (χ1v) is 3.41. The summed E-state index contributed by atoms with van der Waals surface area (Å²) in [5.74, 6) is 0. The zero-order valence-corrected chi connectivity index (χ0v) is 6.12. The predicted octanol–water partition coefficient (Wildman–Crippen LogP) is 0.727. The molecule has 4 heteroatoms. The van der Waals surface area contributed by atoms with Crippen molar-refractivity contribution in [3.8, 4) is 0 Å². The van der Waals surface area contributed by atoms with Crippen LogP contribution in [0.3, 0.4) is 0 Å². The van der Waals surface area contributed by atoms with Crippen molar-refractivity contribution < 1.29 is 14.6 Å². The highest BCUT2D eigenvalue weighted by Gasteiger charge is 2.29. The van der Waals surface area contributed by atoms with E-state index < -0.39 is 6.16 Å². The maximum absolute atomic E-state index is 10.1. The number of carboxylic acid groups (broad SMARTS) is 1. The summed E-state index contributed by atoms with van der Waals surface area (Å²) in [5.41, 5.74) is 6.53. The summed E-state index contributed by atoms with van der Waals surface area (Å²) in [6.07, 6.45) is -0.425. The molecule has 0 aliphatic heterocycles. The molecule has 1 fully saturated rings. The molecule has 62 valence electrons. The third-order valence-corrected chi connectivity index (χ3v) is 1.74. The van der Waals surface area contributed by atoms with Crippen molar-refractivity contribution in [3.05, 3.63) is 12.2 Å². The molecule has 0 amide bonds. The summed E-state index contributed by atoms with van der Waals surface area (Å²) in [6.45, 7) is 3.71. The van der Waals surface area contributed by atoms with Gasteiger partial charge in [-0.15, -0.1) is 0 Å². The second-order valence-electron chi connectivity index (χ2n) is 2.74. The lowest BCUT2D eigenvalue weighted by Gasteiger charge is -2.12. The fourth-order valence-electron chi connectivity index (χ4n) is 1.24. The SMILES string of the molecule is C=C1CC(N)C(OC(=O)O)C1. The molecular formula is C7H11NO3. The molecule has 2 unspecified atom stereocenters. The smallest absolute Gasteiger partial charge is 0.450 e. The fraction of sp³-hybridized carbons (Fsp3) is 0.571. The van der Waals surface area contributed by atoms with Gasteiger partial charge in [-0.25, -0.2) is 4.79 Å². The maximum atomic E-state index is 10.1. The summed E-state index contributed by atoms with van der Waals surface area (Å²) < 4.78 is 4.52. The van der Waals surface area contributed by atoms with E-state index in [0.29, 0.717) is 12.8 Å². The Morgan fingerprint density at radius 3 is 2.73 bits per heavy atom. The lowest BCUT2D eigenvalue weighted by molar-refractivity contribution is 0.0494. The van der Waals surface area contributed by atoms with Crippen LogP contribution in [0.15, 0.2) is 12.2 Å². The molecule has 4 nitrogen and oxygen atoms in total. The normalized spacial score (nSPS) is 30.5. The topological polar surface area (TPSA) is 72.5 Å². The van der Waals surface area contributed by atoms with Crippen molar-refractivity contribution in [1.82, 2.24) is 0 Å². The molecule has 11 heavy (non-hydrogen) atoms. The van der Waals surface area contributed by atoms with Gasteiger partial charge in [0.2, 0.25) is 0 Å². The largest absolute Gasteiger partial charge is 0.506 e. The van der Waals surface area contributed by atoms with E-state index in [4.69, 9.17) is 10.8 Å². The van der Waals surface area contributed by atoms with Crippen LogP contribution in [0.25, 0.3) is 0 Å². The van der Waals surface area contributed by atoms with Crippen LogP contribution in [0.4, 0.5) is 4.79 Å². The Hall–Kier alpha value is -1.03. The van der Waals surface area contributed by atoms with Crippen LogP contribution in [-0.2, 0) is 4.74 Å². The molecule has 0 saturated heterocycles. The second kappa shape index (κ2) is 2.92. The van der Waals surface area contributed by atoms with Crippen LogP contribution >= 0.6 is 0 Å². The van der Waals surface area contributed by atoms with E-state index in [1.54, 1.807) is 0 Å². The van der Waals surface area contributed by atoms with Crippen LogP contribution in [0.2, 0.25) is 0 Å². The van der Waals surface area contributed by atoms with Crippen molar-refractivity contribution in [2.75, 3.05) is 0 Å². The minimum atomic E-state index is -1.26. The number of hydrogen-bond donors (Lipinski definition) is 2. The molecule has 1 aliphatic rings. The number of rotatable bonds is 1. The standard InChI is InChI=1S/C7H11NO3/c1-4-2-5(8)6(3-4)11-7(9)10/h5-6H,1-3,8H2,(H,9,10). The zero-order valence-electron chi connectivity index (χ0n) is 6.12. The monoisotopic (exact) mass is 157 g/mol. The summed E-state index contributed by atoms with van der Waals surface area (Å²) in [5, 5.41) is 8.27. The van der Waals surface area contributed by atoms with Crippen molar-refractivity contribution in [1.29, 1.82) is 0 Å². The van der Waals surface area contributed by atoms with Gasteiger partial charge in [0.05, 0.1) is 0 Å². The molecule has 3 N–H and O–H groups in total. The lowest BCUT2D eigenvalue weighted by Crippen LogP contribution is -2.32. The first kappa shape index (κ1) is 8.07. The van der Waals surface area contributed by atoms with Crippen molar-refractivity contribution in [2.24, 2.45) is 5.73 Å². The maximum Gasteiger partial charge on any atom is 0.506 e. The number of hydrogen-bond acceptors (Lipinski definition) is 3. The summed E-state index contributed by atoms with van der Waals surface area (Å²) in [6, 6.07) is -0.210. The third-order valence-electron chi connectivity index (χ3n) is 1.74. The average Bonchev–Trinajstić information content (AvgIpc) is 2.09. The first-order chi connectivity index (χ1) is 5.09. The molecule has 0 heterocycles. The van der Waals surface area contributed by atoms with Crippen LogP contribution in [-0.4, -0.2) is 23.4 Å². The number of carbonyl (C=O) groups is 1. The highest BCUT2D eigenvalue weighted by molar-refractivity contribution is 5.57. The van der Waals surface area contributed by atoms with Gasteiger partial charge in [0.1, 0.15) is 6.10 Å². The lowest BCUT2D eigenvalue weighted by atomic mass is 10.2. The van der Waals surface area contributed by atoms with Crippen LogP contribution in [0.1, 0.15) is 12.8 Å². The Morgan fingerprint density at radius 2 is 2.36 bits per heavy atom. The Labute approximate surface area is 64.6 Å². The molecule has 1 aliphatic carbocycles. The molecule has 0 radical (unpaired) electrons. The van der Waals surface area contributed by atoms with E-state index in [1.165, 1.54) is 0 Å². The fourth-order valence-corrected chi connectivity index (χ4v) is 1.24.